The zero-order chi connectivity index (χ0) is 22.9. The molecular weight excluding hydrogens is 452 g/mol. The number of sulfonamides is 1. The van der Waals surface area contributed by atoms with Crippen molar-refractivity contribution >= 4 is 33.2 Å². The molecule has 1 amide bonds. The second kappa shape index (κ2) is 8.82. The molecule has 0 radical (unpaired) electrons. The molecule has 1 saturated heterocycles. The van der Waals surface area contributed by atoms with Gasteiger partial charge in [-0.25, -0.2) is 13.6 Å². The molecule has 1 aliphatic rings. The van der Waals surface area contributed by atoms with Crippen molar-refractivity contribution in [3.05, 3.63) is 77.3 Å². The Morgan fingerprint density at radius 1 is 1.03 bits per heavy atom. The fraction of sp³-hybridized carbons (Fsp3) is 0.174. The van der Waals surface area contributed by atoms with Crippen LogP contribution in [0.2, 0.25) is 5.02 Å². The molecule has 9 heteroatoms. The van der Waals surface area contributed by atoms with Crippen LogP contribution in [0.15, 0.2) is 71.6 Å². The number of rotatable bonds is 6. The first kappa shape index (κ1) is 22.1. The van der Waals surface area contributed by atoms with Gasteiger partial charge in [0.05, 0.1) is 12.0 Å². The first-order chi connectivity index (χ1) is 15.2. The van der Waals surface area contributed by atoms with Gasteiger partial charge in [-0.1, -0.05) is 23.7 Å². The largest absolute Gasteiger partial charge is 0.497 e. The Hall–Kier alpha value is -3.07. The predicted octanol–water partition coefficient (Wildman–Crippen LogP) is 4.31. The summed E-state index contributed by atoms with van der Waals surface area (Å²) in [6.45, 7) is 0.420. The van der Waals surface area contributed by atoms with Crippen molar-refractivity contribution in [1.29, 1.82) is 0 Å². The van der Waals surface area contributed by atoms with Crippen LogP contribution in [0, 0.1) is 0 Å². The molecule has 1 fully saturated rings. The van der Waals surface area contributed by atoms with Gasteiger partial charge in [-0.05, 0) is 48.5 Å². The van der Waals surface area contributed by atoms with E-state index in [-0.39, 0.29) is 23.1 Å². The SMILES string of the molecule is COc1cccc(Oc2cc(Cl)ccc2C2CC(=O)N(c3ccc(S(N)(=O)=O)cc3)C2)c1. The summed E-state index contributed by atoms with van der Waals surface area (Å²) in [6.07, 6.45) is 0.285. The smallest absolute Gasteiger partial charge is 0.238 e. The summed E-state index contributed by atoms with van der Waals surface area (Å²) in [6, 6.07) is 18.5. The number of benzene rings is 3. The standard InChI is InChI=1S/C23H21ClN2O5S/c1-30-18-3-2-4-19(13-18)31-22-12-16(24)5-10-21(22)15-11-23(27)26(14-15)17-6-8-20(9-7-17)32(25,28)29/h2-10,12-13,15H,11,14H2,1H3,(H2,25,28,29). The minimum absolute atomic E-state index is 0.00359. The number of anilines is 1. The molecule has 0 saturated carbocycles. The Labute approximate surface area is 191 Å². The Morgan fingerprint density at radius 2 is 1.75 bits per heavy atom. The molecule has 2 N–H and O–H groups in total. The van der Waals surface area contributed by atoms with Crippen molar-refractivity contribution in [1.82, 2.24) is 0 Å². The van der Waals surface area contributed by atoms with Crippen molar-refractivity contribution in [2.45, 2.75) is 17.2 Å². The van der Waals surface area contributed by atoms with Crippen molar-refractivity contribution < 1.29 is 22.7 Å². The van der Waals surface area contributed by atoms with Gasteiger partial charge in [-0.15, -0.1) is 0 Å². The fourth-order valence-corrected chi connectivity index (χ4v) is 4.38. The number of carbonyl (C=O) groups is 1. The predicted molar refractivity (Wildman–Crippen MR) is 122 cm³/mol. The van der Waals surface area contributed by atoms with E-state index in [1.54, 1.807) is 42.3 Å². The monoisotopic (exact) mass is 472 g/mol. The number of nitrogens with two attached hydrogens (primary N) is 1. The summed E-state index contributed by atoms with van der Waals surface area (Å²) >= 11 is 6.21. The molecule has 4 rings (SSSR count). The van der Waals surface area contributed by atoms with E-state index in [2.05, 4.69) is 0 Å². The third-order valence-corrected chi connectivity index (χ3v) is 6.45. The van der Waals surface area contributed by atoms with Crippen LogP contribution >= 0.6 is 11.6 Å². The van der Waals surface area contributed by atoms with E-state index in [1.165, 1.54) is 12.1 Å². The van der Waals surface area contributed by atoms with Gasteiger partial charge in [-0.3, -0.25) is 4.79 Å². The van der Waals surface area contributed by atoms with E-state index in [0.29, 0.717) is 34.5 Å². The molecule has 0 bridgehead atoms. The zero-order valence-electron chi connectivity index (χ0n) is 17.2. The Bertz CT molecular complexity index is 1260. The number of nitrogens with zero attached hydrogens (tertiary/aromatic N) is 1. The minimum atomic E-state index is -3.80. The average Bonchev–Trinajstić information content (AvgIpc) is 3.15. The zero-order valence-corrected chi connectivity index (χ0v) is 18.8. The van der Waals surface area contributed by atoms with E-state index < -0.39 is 10.0 Å². The third kappa shape index (κ3) is 4.72. The quantitative estimate of drug-likeness (QED) is 0.576. The highest BCUT2D eigenvalue weighted by Gasteiger charge is 2.33. The van der Waals surface area contributed by atoms with Crippen LogP contribution in [0.5, 0.6) is 17.2 Å². The normalized spacial score (nSPS) is 16.3. The summed E-state index contributed by atoms with van der Waals surface area (Å²) < 4.78 is 34.3. The molecule has 7 nitrogen and oxygen atoms in total. The van der Waals surface area contributed by atoms with Gasteiger partial charge in [0, 0.05) is 41.2 Å². The average molecular weight is 473 g/mol. The first-order valence-corrected chi connectivity index (χ1v) is 11.7. The molecule has 3 aromatic carbocycles. The van der Waals surface area contributed by atoms with Gasteiger partial charge >= 0.3 is 0 Å². The van der Waals surface area contributed by atoms with Crippen LogP contribution in [0.25, 0.3) is 0 Å². The number of amides is 1. The molecule has 0 aromatic heterocycles. The second-order valence-electron chi connectivity index (χ2n) is 7.41. The summed E-state index contributed by atoms with van der Waals surface area (Å²) in [5.74, 6) is 1.62. The van der Waals surface area contributed by atoms with Gasteiger partial charge < -0.3 is 14.4 Å². The number of ether oxygens (including phenoxy) is 2. The lowest BCUT2D eigenvalue weighted by atomic mass is 9.97. The van der Waals surface area contributed by atoms with Crippen molar-refractivity contribution in [3.63, 3.8) is 0 Å². The number of halogens is 1. The summed E-state index contributed by atoms with van der Waals surface area (Å²) in [4.78, 5) is 14.4. The highest BCUT2D eigenvalue weighted by atomic mass is 35.5. The lowest BCUT2D eigenvalue weighted by molar-refractivity contribution is -0.117. The molecule has 1 heterocycles. The molecule has 0 aliphatic carbocycles. The Morgan fingerprint density at radius 3 is 2.44 bits per heavy atom. The van der Waals surface area contributed by atoms with E-state index in [1.807, 2.05) is 24.3 Å². The molecule has 166 valence electrons. The topological polar surface area (TPSA) is 98.9 Å². The van der Waals surface area contributed by atoms with Crippen molar-refractivity contribution in [2.75, 3.05) is 18.6 Å². The number of methoxy groups -OCH3 is 1. The lowest BCUT2D eigenvalue weighted by Crippen LogP contribution is -2.24. The second-order valence-corrected chi connectivity index (χ2v) is 9.41. The molecule has 3 aromatic rings. The highest BCUT2D eigenvalue weighted by Crippen LogP contribution is 2.39. The van der Waals surface area contributed by atoms with E-state index in [0.717, 1.165) is 5.56 Å². The van der Waals surface area contributed by atoms with Gasteiger partial charge in [0.15, 0.2) is 0 Å². The minimum Gasteiger partial charge on any atom is -0.497 e. The van der Waals surface area contributed by atoms with Crippen LogP contribution in [-0.4, -0.2) is 28.0 Å². The molecule has 1 unspecified atom stereocenters. The van der Waals surface area contributed by atoms with E-state index >= 15 is 0 Å². The van der Waals surface area contributed by atoms with E-state index in [4.69, 9.17) is 26.2 Å². The van der Waals surface area contributed by atoms with Crippen LogP contribution < -0.4 is 19.5 Å². The summed E-state index contributed by atoms with van der Waals surface area (Å²) in [5.41, 5.74) is 1.46. The first-order valence-electron chi connectivity index (χ1n) is 9.79. The van der Waals surface area contributed by atoms with Gasteiger partial charge in [-0.2, -0.15) is 0 Å². The molecular formula is C23H21ClN2O5S. The van der Waals surface area contributed by atoms with E-state index in [9.17, 15) is 13.2 Å². The maximum Gasteiger partial charge on any atom is 0.238 e. The fourth-order valence-electron chi connectivity index (χ4n) is 3.71. The van der Waals surface area contributed by atoms with Crippen molar-refractivity contribution in [3.8, 4) is 17.2 Å². The maximum atomic E-state index is 12.8. The Balaban J connectivity index is 1.60. The highest BCUT2D eigenvalue weighted by molar-refractivity contribution is 7.89. The van der Waals surface area contributed by atoms with Crippen LogP contribution in [0.1, 0.15) is 17.9 Å². The maximum absolute atomic E-state index is 12.8. The lowest BCUT2D eigenvalue weighted by Gasteiger charge is -2.19. The third-order valence-electron chi connectivity index (χ3n) is 5.29. The molecule has 0 spiro atoms. The summed E-state index contributed by atoms with van der Waals surface area (Å²) in [7, 11) is -2.21. The van der Waals surface area contributed by atoms with Gasteiger partial charge in [0.2, 0.25) is 15.9 Å². The number of primary sulfonamides is 1. The van der Waals surface area contributed by atoms with Gasteiger partial charge in [0.1, 0.15) is 17.2 Å². The number of hydrogen-bond acceptors (Lipinski definition) is 5. The summed E-state index contributed by atoms with van der Waals surface area (Å²) in [5, 5.41) is 5.67. The Kier molecular flexibility index (Phi) is 6.10. The van der Waals surface area contributed by atoms with Crippen LogP contribution in [0.4, 0.5) is 5.69 Å². The van der Waals surface area contributed by atoms with Crippen LogP contribution in [0.3, 0.4) is 0 Å². The van der Waals surface area contributed by atoms with Crippen molar-refractivity contribution in [2.24, 2.45) is 5.14 Å². The van der Waals surface area contributed by atoms with Gasteiger partial charge in [0.25, 0.3) is 0 Å². The molecule has 32 heavy (non-hydrogen) atoms. The number of hydrogen-bond donors (Lipinski definition) is 1. The van der Waals surface area contributed by atoms with Crippen LogP contribution in [-0.2, 0) is 14.8 Å². The number of carbonyl (C=O) groups excluding carboxylic acids is 1. The molecule has 1 aliphatic heterocycles. The molecule has 1 atom stereocenters.